The number of para-hydroxylation sites is 1. The third-order valence-electron chi connectivity index (χ3n) is 4.11. The number of nitrogens with two attached hydrogens (primary N) is 1. The smallest absolute Gasteiger partial charge is 0.255 e. The fourth-order valence-corrected chi connectivity index (χ4v) is 2.62. The second-order valence-corrected chi connectivity index (χ2v) is 5.68. The van der Waals surface area contributed by atoms with Crippen LogP contribution in [0.15, 0.2) is 18.2 Å². The van der Waals surface area contributed by atoms with E-state index in [2.05, 4.69) is 5.32 Å². The highest BCUT2D eigenvalue weighted by atomic mass is 16.6. The molecule has 3 rings (SSSR count). The van der Waals surface area contributed by atoms with Gasteiger partial charge in [-0.25, -0.2) is 0 Å². The van der Waals surface area contributed by atoms with E-state index in [1.54, 1.807) is 12.1 Å². The number of hydrogen-bond donors (Lipinski definition) is 2. The van der Waals surface area contributed by atoms with Crippen molar-refractivity contribution in [3.63, 3.8) is 0 Å². The van der Waals surface area contributed by atoms with Crippen LogP contribution in [0.2, 0.25) is 0 Å². The van der Waals surface area contributed by atoms with E-state index in [4.69, 9.17) is 15.2 Å². The average molecular weight is 276 g/mol. The average Bonchev–Trinajstić information content (AvgIpc) is 3.31. The topological polar surface area (TPSA) is 73.6 Å². The third-order valence-corrected chi connectivity index (χ3v) is 4.11. The van der Waals surface area contributed by atoms with Crippen LogP contribution >= 0.6 is 0 Å². The zero-order chi connectivity index (χ0) is 14.2. The van der Waals surface area contributed by atoms with Gasteiger partial charge in [-0.2, -0.15) is 0 Å². The fourth-order valence-electron chi connectivity index (χ4n) is 2.62. The number of rotatable bonds is 4. The highest BCUT2D eigenvalue weighted by Crippen LogP contribution is 2.40. The summed E-state index contributed by atoms with van der Waals surface area (Å²) in [4.78, 5) is 12.5. The Kier molecular flexibility index (Phi) is 3.30. The molecular weight excluding hydrogens is 256 g/mol. The standard InChI is InChI=1S/C15H20N2O3/c1-15(9-16,10-5-6-10)17-14(18)11-3-2-4-12-13(11)20-8-7-19-12/h2-4,10H,5-9,16H2,1H3,(H,17,18). The Hall–Kier alpha value is -1.75. The normalized spacial score (nSPS) is 20.1. The number of fused-ring (bicyclic) bond motifs is 1. The summed E-state index contributed by atoms with van der Waals surface area (Å²) in [6, 6.07) is 5.38. The van der Waals surface area contributed by atoms with Crippen LogP contribution in [0.5, 0.6) is 11.5 Å². The Morgan fingerprint density at radius 1 is 1.40 bits per heavy atom. The van der Waals surface area contributed by atoms with Crippen LogP contribution in [-0.4, -0.2) is 31.2 Å². The largest absolute Gasteiger partial charge is 0.486 e. The van der Waals surface area contributed by atoms with Crippen LogP contribution in [0.25, 0.3) is 0 Å². The first kappa shape index (κ1) is 13.2. The lowest BCUT2D eigenvalue weighted by atomic mass is 9.95. The molecule has 0 bridgehead atoms. The molecule has 2 aliphatic rings. The molecule has 1 aliphatic heterocycles. The quantitative estimate of drug-likeness (QED) is 0.869. The molecule has 3 N–H and O–H groups in total. The Morgan fingerprint density at radius 2 is 2.15 bits per heavy atom. The van der Waals surface area contributed by atoms with E-state index in [-0.39, 0.29) is 11.4 Å². The summed E-state index contributed by atoms with van der Waals surface area (Å²) in [6.45, 7) is 3.43. The summed E-state index contributed by atoms with van der Waals surface area (Å²) in [5, 5.41) is 3.07. The Balaban J connectivity index is 1.84. The van der Waals surface area contributed by atoms with E-state index >= 15 is 0 Å². The van der Waals surface area contributed by atoms with Crippen molar-refractivity contribution in [2.45, 2.75) is 25.3 Å². The molecule has 5 nitrogen and oxygen atoms in total. The summed E-state index contributed by atoms with van der Waals surface area (Å²) in [6.07, 6.45) is 2.25. The number of carbonyl (C=O) groups is 1. The van der Waals surface area contributed by atoms with Crippen molar-refractivity contribution in [1.82, 2.24) is 5.32 Å². The van der Waals surface area contributed by atoms with Gasteiger partial charge in [0.05, 0.1) is 11.1 Å². The first-order valence-electron chi connectivity index (χ1n) is 7.05. The predicted molar refractivity (Wildman–Crippen MR) is 75.1 cm³/mol. The number of nitrogens with one attached hydrogen (secondary N) is 1. The molecule has 1 saturated carbocycles. The highest BCUT2D eigenvalue weighted by Gasteiger charge is 2.42. The molecule has 5 heteroatoms. The van der Waals surface area contributed by atoms with Crippen molar-refractivity contribution in [2.75, 3.05) is 19.8 Å². The molecule has 1 atom stereocenters. The molecule has 1 aromatic rings. The van der Waals surface area contributed by atoms with Crippen LogP contribution in [0, 0.1) is 5.92 Å². The number of hydrogen-bond acceptors (Lipinski definition) is 4. The SMILES string of the molecule is CC(CN)(NC(=O)c1cccc2c1OCCO2)C1CC1. The van der Waals surface area contributed by atoms with E-state index in [1.165, 1.54) is 0 Å². The van der Waals surface area contributed by atoms with Crippen LogP contribution in [0.4, 0.5) is 0 Å². The monoisotopic (exact) mass is 276 g/mol. The number of carbonyl (C=O) groups excluding carboxylic acids is 1. The number of ether oxygens (including phenoxy) is 2. The van der Waals surface area contributed by atoms with Crippen molar-refractivity contribution in [2.24, 2.45) is 11.7 Å². The maximum Gasteiger partial charge on any atom is 0.255 e. The second kappa shape index (κ2) is 4.98. The van der Waals surface area contributed by atoms with Gasteiger partial charge in [-0.1, -0.05) is 6.07 Å². The van der Waals surface area contributed by atoms with Crippen LogP contribution in [0.1, 0.15) is 30.1 Å². The maximum absolute atomic E-state index is 12.5. The van der Waals surface area contributed by atoms with Crippen LogP contribution in [-0.2, 0) is 0 Å². The van der Waals surface area contributed by atoms with Gasteiger partial charge in [0, 0.05) is 6.54 Å². The molecule has 1 fully saturated rings. The maximum atomic E-state index is 12.5. The molecule has 1 unspecified atom stereocenters. The summed E-state index contributed by atoms with van der Waals surface area (Å²) in [7, 11) is 0. The molecule has 0 spiro atoms. The van der Waals surface area contributed by atoms with E-state index in [0.717, 1.165) is 12.8 Å². The van der Waals surface area contributed by atoms with Gasteiger partial charge < -0.3 is 20.5 Å². The van der Waals surface area contributed by atoms with Crippen LogP contribution < -0.4 is 20.5 Å². The van der Waals surface area contributed by atoms with Crippen molar-refractivity contribution in [1.29, 1.82) is 0 Å². The summed E-state index contributed by atoms with van der Waals surface area (Å²) in [5.74, 6) is 1.50. The zero-order valence-corrected chi connectivity index (χ0v) is 11.6. The lowest BCUT2D eigenvalue weighted by Crippen LogP contribution is -2.53. The third kappa shape index (κ3) is 2.33. The number of benzene rings is 1. The molecule has 1 heterocycles. The minimum absolute atomic E-state index is 0.146. The minimum Gasteiger partial charge on any atom is -0.486 e. The predicted octanol–water partition coefficient (Wildman–Crippen LogP) is 1.31. The first-order valence-corrected chi connectivity index (χ1v) is 7.05. The lowest BCUT2D eigenvalue weighted by Gasteiger charge is -2.30. The van der Waals surface area contributed by atoms with Crippen molar-refractivity contribution in [3.05, 3.63) is 23.8 Å². The van der Waals surface area contributed by atoms with E-state index in [0.29, 0.717) is 42.7 Å². The summed E-state index contributed by atoms with van der Waals surface area (Å²) in [5.41, 5.74) is 6.02. The lowest BCUT2D eigenvalue weighted by molar-refractivity contribution is 0.0887. The molecule has 0 saturated heterocycles. The van der Waals surface area contributed by atoms with E-state index < -0.39 is 0 Å². The van der Waals surface area contributed by atoms with E-state index in [1.807, 2.05) is 13.0 Å². The van der Waals surface area contributed by atoms with Crippen molar-refractivity contribution >= 4 is 5.91 Å². The fraction of sp³-hybridized carbons (Fsp3) is 0.533. The number of amides is 1. The Morgan fingerprint density at radius 3 is 2.85 bits per heavy atom. The first-order chi connectivity index (χ1) is 9.64. The van der Waals surface area contributed by atoms with Crippen LogP contribution in [0.3, 0.4) is 0 Å². The molecule has 0 radical (unpaired) electrons. The van der Waals surface area contributed by atoms with Gasteiger partial charge in [-0.15, -0.1) is 0 Å². The van der Waals surface area contributed by atoms with Gasteiger partial charge in [0.2, 0.25) is 0 Å². The molecule has 108 valence electrons. The summed E-state index contributed by atoms with van der Waals surface area (Å²) < 4.78 is 11.1. The van der Waals surface area contributed by atoms with Gasteiger partial charge in [-0.3, -0.25) is 4.79 Å². The molecule has 1 amide bonds. The molecule has 1 aliphatic carbocycles. The zero-order valence-electron chi connectivity index (χ0n) is 11.6. The van der Waals surface area contributed by atoms with Crippen molar-refractivity contribution < 1.29 is 14.3 Å². The van der Waals surface area contributed by atoms with Gasteiger partial charge in [0.25, 0.3) is 5.91 Å². The van der Waals surface area contributed by atoms with Gasteiger partial charge in [0.1, 0.15) is 13.2 Å². The highest BCUT2D eigenvalue weighted by molar-refractivity contribution is 5.98. The molecule has 0 aromatic heterocycles. The Labute approximate surface area is 118 Å². The molecule has 1 aromatic carbocycles. The summed E-state index contributed by atoms with van der Waals surface area (Å²) >= 11 is 0. The van der Waals surface area contributed by atoms with Crippen molar-refractivity contribution in [3.8, 4) is 11.5 Å². The molecule has 20 heavy (non-hydrogen) atoms. The van der Waals surface area contributed by atoms with Gasteiger partial charge >= 0.3 is 0 Å². The van der Waals surface area contributed by atoms with Gasteiger partial charge in [0.15, 0.2) is 11.5 Å². The molecular formula is C15H20N2O3. The van der Waals surface area contributed by atoms with E-state index in [9.17, 15) is 4.79 Å². The minimum atomic E-state index is -0.338. The second-order valence-electron chi connectivity index (χ2n) is 5.68. The Bertz CT molecular complexity index is 528. The van der Waals surface area contributed by atoms with Gasteiger partial charge in [-0.05, 0) is 37.8 Å².